The first-order valence-corrected chi connectivity index (χ1v) is 7.18. The summed E-state index contributed by atoms with van der Waals surface area (Å²) in [6.07, 6.45) is 0.636. The highest BCUT2D eigenvalue weighted by Crippen LogP contribution is 2.21. The molecule has 2 N–H and O–H groups in total. The summed E-state index contributed by atoms with van der Waals surface area (Å²) in [6, 6.07) is 10.9. The van der Waals surface area contributed by atoms with E-state index in [1.54, 1.807) is 0 Å². The molecule has 0 saturated carbocycles. The molecule has 0 spiro atoms. The summed E-state index contributed by atoms with van der Waals surface area (Å²) in [6.45, 7) is 6.46. The van der Waals surface area contributed by atoms with Crippen LogP contribution in [0.2, 0.25) is 0 Å². The van der Waals surface area contributed by atoms with Crippen LogP contribution in [-0.4, -0.2) is 6.04 Å². The van der Waals surface area contributed by atoms with E-state index in [0.717, 1.165) is 11.1 Å². The van der Waals surface area contributed by atoms with E-state index in [-0.39, 0.29) is 11.9 Å². The van der Waals surface area contributed by atoms with Crippen molar-refractivity contribution < 1.29 is 9.13 Å². The second-order valence-electron chi connectivity index (χ2n) is 5.64. The Balaban J connectivity index is 2.14. The van der Waals surface area contributed by atoms with Gasteiger partial charge < -0.3 is 10.5 Å². The SMILES string of the molecule is Cc1cccc(C)c1COc1cc(F)cc(CC(C)N)c1. The lowest BCUT2D eigenvalue weighted by Gasteiger charge is -2.13. The van der Waals surface area contributed by atoms with Crippen molar-refractivity contribution in [1.82, 2.24) is 0 Å². The molecule has 1 unspecified atom stereocenters. The van der Waals surface area contributed by atoms with E-state index in [1.165, 1.54) is 23.3 Å². The highest BCUT2D eigenvalue weighted by atomic mass is 19.1. The maximum Gasteiger partial charge on any atom is 0.127 e. The normalized spacial score (nSPS) is 12.2. The van der Waals surface area contributed by atoms with E-state index in [1.807, 2.05) is 19.1 Å². The summed E-state index contributed by atoms with van der Waals surface area (Å²) in [4.78, 5) is 0. The number of halogens is 1. The average Bonchev–Trinajstić information content (AvgIpc) is 2.36. The lowest BCUT2D eigenvalue weighted by atomic mass is 10.0. The summed E-state index contributed by atoms with van der Waals surface area (Å²) in [5.74, 6) is 0.262. The van der Waals surface area contributed by atoms with Crippen LogP contribution in [-0.2, 0) is 13.0 Å². The van der Waals surface area contributed by atoms with Crippen LogP contribution < -0.4 is 10.5 Å². The van der Waals surface area contributed by atoms with Crippen LogP contribution >= 0.6 is 0 Å². The van der Waals surface area contributed by atoms with Crippen molar-refractivity contribution in [3.05, 3.63) is 64.5 Å². The van der Waals surface area contributed by atoms with E-state index in [9.17, 15) is 4.39 Å². The van der Waals surface area contributed by atoms with Gasteiger partial charge in [0.05, 0.1) is 0 Å². The largest absolute Gasteiger partial charge is 0.489 e. The van der Waals surface area contributed by atoms with Crippen molar-refractivity contribution in [2.75, 3.05) is 0 Å². The predicted octanol–water partition coefficient (Wildman–Crippen LogP) is 3.91. The Morgan fingerprint density at radius 1 is 1.14 bits per heavy atom. The van der Waals surface area contributed by atoms with Crippen LogP contribution in [0.1, 0.15) is 29.2 Å². The first-order chi connectivity index (χ1) is 9.95. The van der Waals surface area contributed by atoms with Gasteiger partial charge in [-0.15, -0.1) is 0 Å². The molecule has 3 heteroatoms. The number of nitrogens with two attached hydrogens (primary N) is 1. The van der Waals surface area contributed by atoms with Gasteiger partial charge in [-0.2, -0.15) is 0 Å². The van der Waals surface area contributed by atoms with Crippen molar-refractivity contribution >= 4 is 0 Å². The highest BCUT2D eigenvalue weighted by molar-refractivity contribution is 5.34. The Hall–Kier alpha value is -1.87. The Kier molecular flexibility index (Phi) is 4.97. The van der Waals surface area contributed by atoms with Gasteiger partial charge in [0.25, 0.3) is 0 Å². The van der Waals surface area contributed by atoms with Gasteiger partial charge in [0.2, 0.25) is 0 Å². The average molecular weight is 287 g/mol. The molecular formula is C18H22FNO. The van der Waals surface area contributed by atoms with Crippen molar-refractivity contribution in [2.24, 2.45) is 5.73 Å². The van der Waals surface area contributed by atoms with Gasteiger partial charge >= 0.3 is 0 Å². The minimum atomic E-state index is -0.287. The molecule has 2 aromatic rings. The van der Waals surface area contributed by atoms with Gasteiger partial charge in [0.15, 0.2) is 0 Å². The quantitative estimate of drug-likeness (QED) is 0.905. The minimum Gasteiger partial charge on any atom is -0.489 e. The Morgan fingerprint density at radius 3 is 2.43 bits per heavy atom. The van der Waals surface area contributed by atoms with Crippen molar-refractivity contribution in [2.45, 2.75) is 39.8 Å². The fourth-order valence-corrected chi connectivity index (χ4v) is 2.43. The molecule has 0 aliphatic heterocycles. The number of ether oxygens (including phenoxy) is 1. The lowest BCUT2D eigenvalue weighted by molar-refractivity contribution is 0.302. The van der Waals surface area contributed by atoms with Crippen LogP contribution in [0.3, 0.4) is 0 Å². The highest BCUT2D eigenvalue weighted by Gasteiger charge is 2.07. The third kappa shape index (κ3) is 4.30. The zero-order chi connectivity index (χ0) is 15.4. The first kappa shape index (κ1) is 15.5. The number of hydrogen-bond donors (Lipinski definition) is 1. The van der Waals surface area contributed by atoms with Crippen molar-refractivity contribution in [3.63, 3.8) is 0 Å². The monoisotopic (exact) mass is 287 g/mol. The molecule has 0 aliphatic rings. The van der Waals surface area contributed by atoms with Crippen molar-refractivity contribution in [1.29, 1.82) is 0 Å². The van der Waals surface area contributed by atoms with E-state index >= 15 is 0 Å². The maximum absolute atomic E-state index is 13.6. The molecule has 1 atom stereocenters. The molecule has 2 nitrogen and oxygen atoms in total. The van der Waals surface area contributed by atoms with Crippen molar-refractivity contribution in [3.8, 4) is 5.75 Å². The third-order valence-electron chi connectivity index (χ3n) is 3.52. The van der Waals surface area contributed by atoms with Gasteiger partial charge in [-0.1, -0.05) is 18.2 Å². The second-order valence-corrected chi connectivity index (χ2v) is 5.64. The molecule has 2 aromatic carbocycles. The van der Waals surface area contributed by atoms with Crippen LogP contribution in [0.5, 0.6) is 5.75 Å². The molecule has 0 heterocycles. The van der Waals surface area contributed by atoms with E-state index in [0.29, 0.717) is 18.8 Å². The summed E-state index contributed by atoms with van der Waals surface area (Å²) in [7, 11) is 0. The molecule has 0 radical (unpaired) electrons. The zero-order valence-corrected chi connectivity index (χ0v) is 12.8. The molecule has 21 heavy (non-hydrogen) atoms. The molecule has 0 bridgehead atoms. The molecule has 0 saturated heterocycles. The molecule has 0 fully saturated rings. The molecule has 112 valence electrons. The summed E-state index contributed by atoms with van der Waals surface area (Å²) in [5.41, 5.74) is 10.1. The Morgan fingerprint density at radius 2 is 1.81 bits per heavy atom. The standard InChI is InChI=1S/C18H22FNO/c1-12-5-4-6-13(2)18(12)11-21-17-9-15(7-14(3)20)8-16(19)10-17/h4-6,8-10,14H,7,11,20H2,1-3H3. The fourth-order valence-electron chi connectivity index (χ4n) is 2.43. The lowest BCUT2D eigenvalue weighted by Crippen LogP contribution is -2.17. The molecule has 2 rings (SSSR count). The van der Waals surface area contributed by atoms with Gasteiger partial charge in [0, 0.05) is 12.1 Å². The summed E-state index contributed by atoms with van der Waals surface area (Å²) < 4.78 is 19.4. The smallest absolute Gasteiger partial charge is 0.127 e. The molecule has 0 aliphatic carbocycles. The number of aryl methyl sites for hydroxylation is 2. The minimum absolute atomic E-state index is 0.00161. The van der Waals surface area contributed by atoms with Gasteiger partial charge in [-0.05, 0) is 61.6 Å². The summed E-state index contributed by atoms with van der Waals surface area (Å²) >= 11 is 0. The van der Waals surface area contributed by atoms with Crippen LogP contribution in [0.25, 0.3) is 0 Å². The second kappa shape index (κ2) is 6.72. The molecule has 0 amide bonds. The fraction of sp³-hybridized carbons (Fsp3) is 0.333. The van der Waals surface area contributed by atoms with E-state index in [2.05, 4.69) is 26.0 Å². The van der Waals surface area contributed by atoms with Gasteiger partial charge in [-0.25, -0.2) is 4.39 Å². The van der Waals surface area contributed by atoms with E-state index in [4.69, 9.17) is 10.5 Å². The predicted molar refractivity (Wildman–Crippen MR) is 84.0 cm³/mol. The number of benzene rings is 2. The Labute approximate surface area is 125 Å². The zero-order valence-electron chi connectivity index (χ0n) is 12.8. The number of hydrogen-bond acceptors (Lipinski definition) is 2. The van der Waals surface area contributed by atoms with Gasteiger partial charge in [0.1, 0.15) is 18.2 Å². The van der Waals surface area contributed by atoms with Crippen LogP contribution in [0.15, 0.2) is 36.4 Å². The Bertz CT molecular complexity index is 602. The molecule has 0 aromatic heterocycles. The van der Waals surface area contributed by atoms with E-state index < -0.39 is 0 Å². The topological polar surface area (TPSA) is 35.2 Å². The molecular weight excluding hydrogens is 265 g/mol. The van der Waals surface area contributed by atoms with Gasteiger partial charge in [-0.3, -0.25) is 0 Å². The third-order valence-corrected chi connectivity index (χ3v) is 3.52. The first-order valence-electron chi connectivity index (χ1n) is 7.18. The van der Waals surface area contributed by atoms with Crippen LogP contribution in [0.4, 0.5) is 4.39 Å². The summed E-state index contributed by atoms with van der Waals surface area (Å²) in [5, 5.41) is 0. The maximum atomic E-state index is 13.6. The number of rotatable bonds is 5. The van der Waals surface area contributed by atoms with Crippen LogP contribution in [0, 0.1) is 19.7 Å².